The Labute approximate surface area is 89.8 Å². The second-order valence-corrected chi connectivity index (χ2v) is 5.82. The maximum atomic E-state index is 12.1. The van der Waals surface area contributed by atoms with Crippen LogP contribution < -0.4 is 0 Å². The van der Waals surface area contributed by atoms with Crippen LogP contribution in [0.1, 0.15) is 19.8 Å². The lowest BCUT2D eigenvalue weighted by Crippen LogP contribution is -2.33. The Bertz CT molecular complexity index is 452. The molecular weight excluding hydrogens is 214 g/mol. The van der Waals surface area contributed by atoms with Crippen molar-refractivity contribution in [3.63, 3.8) is 0 Å². The van der Waals surface area contributed by atoms with E-state index in [1.807, 2.05) is 6.92 Å². The summed E-state index contributed by atoms with van der Waals surface area (Å²) in [6.07, 6.45) is 4.92. The van der Waals surface area contributed by atoms with Crippen molar-refractivity contribution >= 4 is 10.0 Å². The summed E-state index contributed by atoms with van der Waals surface area (Å²) in [5, 5.41) is 0.152. The Balaban J connectivity index is 2.34. The van der Waals surface area contributed by atoms with E-state index in [-0.39, 0.29) is 11.1 Å². The summed E-state index contributed by atoms with van der Waals surface area (Å²) in [6.45, 7) is 2.55. The van der Waals surface area contributed by atoms with Crippen molar-refractivity contribution < 1.29 is 8.42 Å². The molecular formula is C9H15N3O2S. The van der Waals surface area contributed by atoms with Crippen molar-refractivity contribution in [2.24, 2.45) is 7.05 Å². The van der Waals surface area contributed by atoms with Gasteiger partial charge in [0, 0.05) is 25.8 Å². The van der Waals surface area contributed by atoms with Crippen LogP contribution in [-0.4, -0.2) is 34.9 Å². The number of rotatable bonds is 2. The fourth-order valence-corrected chi connectivity index (χ4v) is 3.57. The van der Waals surface area contributed by atoms with Crippen LogP contribution in [0.3, 0.4) is 0 Å². The molecule has 2 rings (SSSR count). The summed E-state index contributed by atoms with van der Waals surface area (Å²) in [5.41, 5.74) is 0. The first-order valence-electron chi connectivity index (χ1n) is 5.01. The van der Waals surface area contributed by atoms with Crippen LogP contribution in [0.25, 0.3) is 0 Å². The molecule has 0 bridgehead atoms. The van der Waals surface area contributed by atoms with Crippen molar-refractivity contribution in [1.82, 2.24) is 13.9 Å². The van der Waals surface area contributed by atoms with E-state index in [9.17, 15) is 8.42 Å². The Morgan fingerprint density at radius 3 is 2.73 bits per heavy atom. The van der Waals surface area contributed by atoms with Gasteiger partial charge < -0.3 is 4.57 Å². The lowest BCUT2D eigenvalue weighted by Gasteiger charge is -2.19. The third-order valence-electron chi connectivity index (χ3n) is 2.75. The highest BCUT2D eigenvalue weighted by Crippen LogP contribution is 2.24. The van der Waals surface area contributed by atoms with Crippen molar-refractivity contribution in [3.8, 4) is 0 Å². The minimum atomic E-state index is -3.37. The molecule has 1 unspecified atom stereocenters. The molecule has 0 saturated carbocycles. The van der Waals surface area contributed by atoms with E-state index in [2.05, 4.69) is 4.98 Å². The topological polar surface area (TPSA) is 55.2 Å². The van der Waals surface area contributed by atoms with Gasteiger partial charge in [0.1, 0.15) is 0 Å². The third-order valence-corrected chi connectivity index (χ3v) is 4.65. The summed E-state index contributed by atoms with van der Waals surface area (Å²) < 4.78 is 27.4. The molecule has 15 heavy (non-hydrogen) atoms. The van der Waals surface area contributed by atoms with E-state index >= 15 is 0 Å². The molecule has 5 nitrogen and oxygen atoms in total. The smallest absolute Gasteiger partial charge is 0.262 e. The zero-order chi connectivity index (χ0) is 11.1. The number of hydrogen-bond donors (Lipinski definition) is 0. The predicted molar refractivity (Wildman–Crippen MR) is 55.8 cm³/mol. The summed E-state index contributed by atoms with van der Waals surface area (Å²) in [4.78, 5) is 3.90. The van der Waals surface area contributed by atoms with E-state index in [0.29, 0.717) is 6.54 Å². The predicted octanol–water partition coefficient (Wildman–Crippen LogP) is 0.593. The number of nitrogens with zero attached hydrogens (tertiary/aromatic N) is 3. The van der Waals surface area contributed by atoms with Crippen LogP contribution in [-0.2, 0) is 17.1 Å². The second-order valence-electron chi connectivity index (χ2n) is 3.98. The SMILES string of the molecule is CC1CCCN1S(=O)(=O)c1cn(C)cn1. The highest BCUT2D eigenvalue weighted by molar-refractivity contribution is 7.89. The van der Waals surface area contributed by atoms with Crippen LogP contribution in [0, 0.1) is 0 Å². The molecule has 0 N–H and O–H groups in total. The monoisotopic (exact) mass is 229 g/mol. The summed E-state index contributed by atoms with van der Waals surface area (Å²) in [5.74, 6) is 0. The first-order chi connectivity index (χ1) is 7.01. The number of hydrogen-bond acceptors (Lipinski definition) is 3. The standard InChI is InChI=1S/C9H15N3O2S/c1-8-4-3-5-12(8)15(13,14)9-6-11(2)7-10-9/h6-8H,3-5H2,1-2H3. The lowest BCUT2D eigenvalue weighted by molar-refractivity contribution is 0.406. The van der Waals surface area contributed by atoms with Gasteiger partial charge >= 0.3 is 0 Å². The second kappa shape index (κ2) is 3.61. The van der Waals surface area contributed by atoms with Gasteiger partial charge in [0.2, 0.25) is 0 Å². The van der Waals surface area contributed by atoms with Crippen LogP contribution in [0.2, 0.25) is 0 Å². The average Bonchev–Trinajstić information content (AvgIpc) is 2.74. The zero-order valence-corrected chi connectivity index (χ0v) is 9.74. The molecule has 0 aliphatic carbocycles. The highest BCUT2D eigenvalue weighted by Gasteiger charge is 2.33. The number of imidazole rings is 1. The normalized spacial score (nSPS) is 23.5. The first-order valence-corrected chi connectivity index (χ1v) is 6.45. The van der Waals surface area contributed by atoms with E-state index < -0.39 is 10.0 Å². The van der Waals surface area contributed by atoms with Gasteiger partial charge in [0.05, 0.1) is 6.33 Å². The fourth-order valence-electron chi connectivity index (χ4n) is 1.91. The van der Waals surface area contributed by atoms with E-state index in [1.165, 1.54) is 10.6 Å². The molecule has 0 aromatic carbocycles. The van der Waals surface area contributed by atoms with Gasteiger partial charge in [-0.15, -0.1) is 0 Å². The van der Waals surface area contributed by atoms with Gasteiger partial charge in [-0.1, -0.05) is 0 Å². The minimum Gasteiger partial charge on any atom is -0.339 e. The Hall–Kier alpha value is -0.880. The molecule has 1 aliphatic heterocycles. The molecule has 1 aliphatic rings. The van der Waals surface area contributed by atoms with Crippen molar-refractivity contribution in [1.29, 1.82) is 0 Å². The Kier molecular flexibility index (Phi) is 2.56. The van der Waals surface area contributed by atoms with Crippen LogP contribution in [0.5, 0.6) is 0 Å². The summed E-state index contributed by atoms with van der Waals surface area (Å²) in [7, 11) is -1.60. The molecule has 0 amide bonds. The molecule has 1 aromatic rings. The van der Waals surface area contributed by atoms with E-state index in [1.54, 1.807) is 17.8 Å². The van der Waals surface area contributed by atoms with Crippen molar-refractivity contribution in [2.75, 3.05) is 6.54 Å². The number of sulfonamides is 1. The fraction of sp³-hybridized carbons (Fsp3) is 0.667. The van der Waals surface area contributed by atoms with Gasteiger partial charge in [0.15, 0.2) is 5.03 Å². The van der Waals surface area contributed by atoms with Gasteiger partial charge in [-0.25, -0.2) is 13.4 Å². The maximum absolute atomic E-state index is 12.1. The molecule has 6 heteroatoms. The molecule has 1 saturated heterocycles. The summed E-state index contributed by atoms with van der Waals surface area (Å²) in [6, 6.07) is 0.0945. The van der Waals surface area contributed by atoms with Gasteiger partial charge in [-0.3, -0.25) is 0 Å². The minimum absolute atomic E-state index is 0.0945. The third kappa shape index (κ3) is 1.79. The average molecular weight is 229 g/mol. The molecule has 0 spiro atoms. The van der Waals surface area contributed by atoms with Crippen molar-refractivity contribution in [2.45, 2.75) is 30.8 Å². The van der Waals surface area contributed by atoms with Crippen LogP contribution in [0.4, 0.5) is 0 Å². The highest BCUT2D eigenvalue weighted by atomic mass is 32.2. The van der Waals surface area contributed by atoms with E-state index in [0.717, 1.165) is 12.8 Å². The van der Waals surface area contributed by atoms with Crippen LogP contribution >= 0.6 is 0 Å². The van der Waals surface area contributed by atoms with E-state index in [4.69, 9.17) is 0 Å². The maximum Gasteiger partial charge on any atom is 0.262 e. The molecule has 84 valence electrons. The zero-order valence-electron chi connectivity index (χ0n) is 8.92. The molecule has 1 aromatic heterocycles. The molecule has 0 radical (unpaired) electrons. The number of aromatic nitrogens is 2. The largest absolute Gasteiger partial charge is 0.339 e. The quantitative estimate of drug-likeness (QED) is 0.746. The Morgan fingerprint density at radius 2 is 2.27 bits per heavy atom. The lowest BCUT2D eigenvalue weighted by atomic mass is 10.3. The molecule has 1 atom stereocenters. The van der Waals surface area contributed by atoms with Crippen LogP contribution in [0.15, 0.2) is 17.6 Å². The molecule has 1 fully saturated rings. The van der Waals surface area contributed by atoms with Crippen molar-refractivity contribution in [3.05, 3.63) is 12.5 Å². The van der Waals surface area contributed by atoms with Gasteiger partial charge in [0.25, 0.3) is 10.0 Å². The van der Waals surface area contributed by atoms with Gasteiger partial charge in [-0.05, 0) is 19.8 Å². The Morgan fingerprint density at radius 1 is 1.53 bits per heavy atom. The summed E-state index contributed by atoms with van der Waals surface area (Å²) >= 11 is 0. The first kappa shape index (κ1) is 10.6. The molecule has 2 heterocycles. The van der Waals surface area contributed by atoms with Gasteiger partial charge in [-0.2, -0.15) is 4.31 Å². The number of aryl methyl sites for hydroxylation is 1.